The summed E-state index contributed by atoms with van der Waals surface area (Å²) in [6.45, 7) is 3.59. The van der Waals surface area contributed by atoms with Crippen molar-refractivity contribution in [1.29, 1.82) is 0 Å². The van der Waals surface area contributed by atoms with Crippen LogP contribution < -0.4 is 10.2 Å². The molecule has 0 amide bonds. The molecule has 1 heterocycles. The highest BCUT2D eigenvalue weighted by molar-refractivity contribution is 5.70. The monoisotopic (exact) mass is 287 g/mol. The minimum atomic E-state index is -0.450. The number of benzene rings is 1. The molecule has 7 heteroatoms. The van der Waals surface area contributed by atoms with E-state index in [2.05, 4.69) is 15.3 Å². The van der Waals surface area contributed by atoms with Gasteiger partial charge < -0.3 is 10.2 Å². The van der Waals surface area contributed by atoms with Crippen LogP contribution in [0.1, 0.15) is 11.3 Å². The third kappa shape index (κ3) is 2.91. The third-order valence-corrected chi connectivity index (χ3v) is 3.19. The van der Waals surface area contributed by atoms with Crippen molar-refractivity contribution < 1.29 is 4.92 Å². The zero-order chi connectivity index (χ0) is 15.6. The summed E-state index contributed by atoms with van der Waals surface area (Å²) >= 11 is 0. The molecule has 0 atom stereocenters. The smallest absolute Gasteiger partial charge is 0.333 e. The maximum Gasteiger partial charge on any atom is 0.333 e. The van der Waals surface area contributed by atoms with E-state index in [1.54, 1.807) is 25.9 Å². The van der Waals surface area contributed by atoms with Crippen LogP contribution >= 0.6 is 0 Å². The van der Waals surface area contributed by atoms with Gasteiger partial charge in [-0.05, 0) is 26.0 Å². The van der Waals surface area contributed by atoms with Crippen LogP contribution in [0, 0.1) is 24.0 Å². The van der Waals surface area contributed by atoms with Crippen molar-refractivity contribution in [2.75, 3.05) is 24.3 Å². The van der Waals surface area contributed by atoms with E-state index in [1.165, 1.54) is 0 Å². The highest BCUT2D eigenvalue weighted by Gasteiger charge is 2.25. The molecule has 0 spiro atoms. The fourth-order valence-electron chi connectivity index (χ4n) is 2.00. The summed E-state index contributed by atoms with van der Waals surface area (Å²) in [7, 11) is 3.43. The van der Waals surface area contributed by atoms with Gasteiger partial charge in [-0.1, -0.05) is 17.7 Å². The minimum absolute atomic E-state index is 0.0860. The van der Waals surface area contributed by atoms with Gasteiger partial charge in [0.05, 0.1) is 4.92 Å². The average molecular weight is 287 g/mol. The van der Waals surface area contributed by atoms with Crippen LogP contribution in [-0.4, -0.2) is 29.0 Å². The molecule has 0 saturated carbocycles. The van der Waals surface area contributed by atoms with E-state index in [-0.39, 0.29) is 11.5 Å². The summed E-state index contributed by atoms with van der Waals surface area (Å²) in [5, 5.41) is 14.1. The Labute approximate surface area is 122 Å². The molecule has 2 rings (SSSR count). The molecule has 0 unspecified atom stereocenters. The molecule has 0 aliphatic rings. The molecule has 1 aromatic heterocycles. The average Bonchev–Trinajstić information content (AvgIpc) is 2.45. The number of rotatable bonds is 4. The van der Waals surface area contributed by atoms with Gasteiger partial charge in [0.25, 0.3) is 0 Å². The van der Waals surface area contributed by atoms with Crippen LogP contribution in [-0.2, 0) is 0 Å². The highest BCUT2D eigenvalue weighted by Crippen LogP contribution is 2.33. The molecule has 0 saturated heterocycles. The number of nitro groups is 1. The second-order valence-corrected chi connectivity index (χ2v) is 4.71. The van der Waals surface area contributed by atoms with Gasteiger partial charge in [-0.3, -0.25) is 10.1 Å². The van der Waals surface area contributed by atoms with Gasteiger partial charge in [0.2, 0.25) is 11.8 Å². The molecule has 7 nitrogen and oxygen atoms in total. The lowest BCUT2D eigenvalue weighted by molar-refractivity contribution is -0.385. The first-order valence-corrected chi connectivity index (χ1v) is 6.45. The van der Waals surface area contributed by atoms with Gasteiger partial charge in [0, 0.05) is 19.8 Å². The van der Waals surface area contributed by atoms with E-state index in [0.29, 0.717) is 11.6 Å². The van der Waals surface area contributed by atoms with Gasteiger partial charge in [-0.2, -0.15) is 4.98 Å². The number of aryl methyl sites for hydroxylation is 2. The predicted octanol–water partition coefficient (Wildman–Crippen LogP) is 2.81. The van der Waals surface area contributed by atoms with E-state index >= 15 is 0 Å². The quantitative estimate of drug-likeness (QED) is 0.687. The number of nitrogens with one attached hydrogen (secondary N) is 1. The van der Waals surface area contributed by atoms with Gasteiger partial charge in [-0.15, -0.1) is 0 Å². The SMILES string of the molecule is CNc1nc(C)c([N+](=O)[O-])c(N(C)c2ccc(C)cc2)n1. The van der Waals surface area contributed by atoms with Crippen molar-refractivity contribution in [3.8, 4) is 0 Å². The molecule has 1 N–H and O–H groups in total. The number of hydrogen-bond acceptors (Lipinski definition) is 6. The van der Waals surface area contributed by atoms with Crippen LogP contribution in [0.2, 0.25) is 0 Å². The summed E-state index contributed by atoms with van der Waals surface area (Å²) in [4.78, 5) is 20.9. The topological polar surface area (TPSA) is 84.2 Å². The lowest BCUT2D eigenvalue weighted by atomic mass is 10.2. The molecular formula is C14H17N5O2. The van der Waals surface area contributed by atoms with E-state index in [9.17, 15) is 10.1 Å². The first-order chi connectivity index (χ1) is 9.93. The molecule has 2 aromatic rings. The lowest BCUT2D eigenvalue weighted by Crippen LogP contribution is -2.16. The maximum absolute atomic E-state index is 11.3. The summed E-state index contributed by atoms with van der Waals surface area (Å²) in [6.07, 6.45) is 0. The van der Waals surface area contributed by atoms with E-state index < -0.39 is 4.92 Å². The molecule has 1 aromatic carbocycles. The van der Waals surface area contributed by atoms with Crippen LogP contribution in [0.5, 0.6) is 0 Å². The lowest BCUT2D eigenvalue weighted by Gasteiger charge is -2.19. The second-order valence-electron chi connectivity index (χ2n) is 4.71. The first kappa shape index (κ1) is 14.7. The summed E-state index contributed by atoms with van der Waals surface area (Å²) < 4.78 is 0. The van der Waals surface area contributed by atoms with E-state index in [4.69, 9.17) is 0 Å². The summed E-state index contributed by atoms with van der Waals surface area (Å²) in [5.41, 5.74) is 2.19. The molecule has 110 valence electrons. The Hall–Kier alpha value is -2.70. The van der Waals surface area contributed by atoms with E-state index in [1.807, 2.05) is 31.2 Å². The van der Waals surface area contributed by atoms with Crippen molar-refractivity contribution in [2.24, 2.45) is 0 Å². The third-order valence-electron chi connectivity index (χ3n) is 3.19. The second kappa shape index (κ2) is 5.74. The van der Waals surface area contributed by atoms with Crippen molar-refractivity contribution in [1.82, 2.24) is 9.97 Å². The minimum Gasteiger partial charge on any atom is -0.357 e. The number of anilines is 3. The largest absolute Gasteiger partial charge is 0.357 e. The van der Waals surface area contributed by atoms with E-state index in [0.717, 1.165) is 11.3 Å². The molecule has 0 bridgehead atoms. The highest BCUT2D eigenvalue weighted by atomic mass is 16.6. The Morgan fingerprint density at radius 1 is 1.19 bits per heavy atom. The normalized spacial score (nSPS) is 10.3. The Balaban J connectivity index is 2.57. The number of hydrogen-bond donors (Lipinski definition) is 1. The van der Waals surface area contributed by atoms with Crippen LogP contribution in [0.25, 0.3) is 0 Å². The molecule has 0 radical (unpaired) electrons. The molecule has 0 aliphatic heterocycles. The van der Waals surface area contributed by atoms with Crippen molar-refractivity contribution in [2.45, 2.75) is 13.8 Å². The zero-order valence-corrected chi connectivity index (χ0v) is 12.4. The molecular weight excluding hydrogens is 270 g/mol. The van der Waals surface area contributed by atoms with Crippen molar-refractivity contribution in [3.63, 3.8) is 0 Å². The standard InChI is InChI=1S/C14H17N5O2/c1-9-5-7-11(8-6-9)18(4)13-12(19(20)21)10(2)16-14(15-3)17-13/h5-8H,1-4H3,(H,15,16,17). The Morgan fingerprint density at radius 3 is 2.33 bits per heavy atom. The maximum atomic E-state index is 11.3. The van der Waals surface area contributed by atoms with Gasteiger partial charge in [0.1, 0.15) is 5.69 Å². The van der Waals surface area contributed by atoms with Gasteiger partial charge in [0.15, 0.2) is 0 Å². The molecule has 0 aliphatic carbocycles. The molecule has 21 heavy (non-hydrogen) atoms. The Bertz CT molecular complexity index is 670. The van der Waals surface area contributed by atoms with Crippen LogP contribution in [0.3, 0.4) is 0 Å². The predicted molar refractivity (Wildman–Crippen MR) is 82.2 cm³/mol. The number of nitrogens with zero attached hydrogens (tertiary/aromatic N) is 4. The fourth-order valence-corrected chi connectivity index (χ4v) is 2.00. The molecule has 0 fully saturated rings. The van der Waals surface area contributed by atoms with Gasteiger partial charge in [-0.25, -0.2) is 4.98 Å². The fraction of sp³-hybridized carbons (Fsp3) is 0.286. The Kier molecular flexibility index (Phi) is 4.02. The van der Waals surface area contributed by atoms with Crippen molar-refractivity contribution in [3.05, 3.63) is 45.6 Å². The summed E-state index contributed by atoms with van der Waals surface area (Å²) in [6, 6.07) is 7.69. The zero-order valence-electron chi connectivity index (χ0n) is 12.4. The first-order valence-electron chi connectivity index (χ1n) is 6.45. The van der Waals surface area contributed by atoms with Crippen molar-refractivity contribution >= 4 is 23.1 Å². The van der Waals surface area contributed by atoms with Gasteiger partial charge >= 0.3 is 5.69 Å². The summed E-state index contributed by atoms with van der Waals surface area (Å²) in [5.74, 6) is 0.618. The van der Waals surface area contributed by atoms with Crippen LogP contribution in [0.4, 0.5) is 23.1 Å². The Morgan fingerprint density at radius 2 is 1.81 bits per heavy atom. The van der Waals surface area contributed by atoms with Crippen LogP contribution in [0.15, 0.2) is 24.3 Å². The number of aromatic nitrogens is 2.